The second kappa shape index (κ2) is 7.65. The van der Waals surface area contributed by atoms with Crippen LogP contribution in [0.5, 0.6) is 11.5 Å². The zero-order chi connectivity index (χ0) is 18.6. The summed E-state index contributed by atoms with van der Waals surface area (Å²) in [5.41, 5.74) is 1.50. The third-order valence-electron chi connectivity index (χ3n) is 3.92. The van der Waals surface area contributed by atoms with E-state index in [0.717, 1.165) is 5.56 Å². The van der Waals surface area contributed by atoms with Crippen LogP contribution in [0.2, 0.25) is 0 Å². The van der Waals surface area contributed by atoms with E-state index in [-0.39, 0.29) is 23.2 Å². The van der Waals surface area contributed by atoms with Crippen LogP contribution in [0.1, 0.15) is 34.5 Å². The fourth-order valence-electron chi connectivity index (χ4n) is 2.43. The normalized spacial score (nSPS) is 11.5. The molecule has 1 amide bonds. The minimum atomic E-state index is -0.496. The third kappa shape index (κ3) is 4.06. The number of ether oxygens (including phenoxy) is 2. The summed E-state index contributed by atoms with van der Waals surface area (Å²) in [6.07, 6.45) is 0. The fourth-order valence-corrected chi connectivity index (χ4v) is 2.43. The van der Waals surface area contributed by atoms with E-state index in [1.54, 1.807) is 38.3 Å². The Morgan fingerprint density at radius 2 is 1.80 bits per heavy atom. The lowest BCUT2D eigenvalue weighted by Gasteiger charge is -2.16. The van der Waals surface area contributed by atoms with Gasteiger partial charge in [-0.25, -0.2) is 0 Å². The molecule has 2 aromatic rings. The van der Waals surface area contributed by atoms with E-state index in [1.165, 1.54) is 13.2 Å². The van der Waals surface area contributed by atoms with E-state index in [9.17, 15) is 14.9 Å². The average Bonchev–Trinajstić information content (AvgIpc) is 2.60. The van der Waals surface area contributed by atoms with Crippen LogP contribution >= 0.6 is 0 Å². The SMILES string of the molecule is COc1ccc([C@@H](C)NC(=O)c2ccc(C)c([N+](=O)[O-])c2)cc1OC. The van der Waals surface area contributed by atoms with Crippen molar-refractivity contribution in [3.8, 4) is 11.5 Å². The highest BCUT2D eigenvalue weighted by atomic mass is 16.6. The van der Waals surface area contributed by atoms with Gasteiger partial charge in [0.05, 0.1) is 25.2 Å². The lowest BCUT2D eigenvalue weighted by Crippen LogP contribution is -2.26. The highest BCUT2D eigenvalue weighted by Gasteiger charge is 2.17. The second-order valence-electron chi connectivity index (χ2n) is 5.57. The smallest absolute Gasteiger partial charge is 0.273 e. The molecule has 0 aliphatic heterocycles. The van der Waals surface area contributed by atoms with Crippen LogP contribution in [-0.2, 0) is 0 Å². The summed E-state index contributed by atoms with van der Waals surface area (Å²) >= 11 is 0. The zero-order valence-corrected chi connectivity index (χ0v) is 14.5. The molecule has 0 fully saturated rings. The fraction of sp³-hybridized carbons (Fsp3) is 0.278. The van der Waals surface area contributed by atoms with Gasteiger partial charge in [0.25, 0.3) is 11.6 Å². The number of rotatable bonds is 6. The lowest BCUT2D eigenvalue weighted by molar-refractivity contribution is -0.385. The molecule has 2 aromatic carbocycles. The minimum Gasteiger partial charge on any atom is -0.493 e. The van der Waals surface area contributed by atoms with Gasteiger partial charge in [0, 0.05) is 17.2 Å². The number of nitro groups is 1. The van der Waals surface area contributed by atoms with Gasteiger partial charge in [-0.2, -0.15) is 0 Å². The Morgan fingerprint density at radius 1 is 1.12 bits per heavy atom. The maximum absolute atomic E-state index is 12.4. The number of methoxy groups -OCH3 is 2. The molecule has 0 saturated carbocycles. The van der Waals surface area contributed by atoms with Gasteiger partial charge in [0.2, 0.25) is 0 Å². The first kappa shape index (κ1) is 18.3. The first-order valence-corrected chi connectivity index (χ1v) is 7.65. The maximum Gasteiger partial charge on any atom is 0.273 e. The lowest BCUT2D eigenvalue weighted by atomic mass is 10.1. The predicted octanol–water partition coefficient (Wildman–Crippen LogP) is 3.41. The van der Waals surface area contributed by atoms with Crippen molar-refractivity contribution in [2.45, 2.75) is 19.9 Å². The molecule has 0 heterocycles. The highest BCUT2D eigenvalue weighted by molar-refractivity contribution is 5.95. The van der Waals surface area contributed by atoms with Crippen LogP contribution in [0.3, 0.4) is 0 Å². The molecule has 0 bridgehead atoms. The summed E-state index contributed by atoms with van der Waals surface area (Å²) < 4.78 is 10.5. The van der Waals surface area contributed by atoms with Gasteiger partial charge in [-0.05, 0) is 37.6 Å². The Kier molecular flexibility index (Phi) is 5.59. The molecule has 0 spiro atoms. The zero-order valence-electron chi connectivity index (χ0n) is 14.5. The van der Waals surface area contributed by atoms with Crippen molar-refractivity contribution in [2.24, 2.45) is 0 Å². The molecule has 2 rings (SSSR count). The van der Waals surface area contributed by atoms with Gasteiger partial charge in [0.15, 0.2) is 11.5 Å². The van der Waals surface area contributed by atoms with E-state index in [2.05, 4.69) is 5.32 Å². The molecule has 0 unspecified atom stereocenters. The number of carbonyl (C=O) groups is 1. The molecule has 7 nitrogen and oxygen atoms in total. The van der Waals surface area contributed by atoms with Gasteiger partial charge < -0.3 is 14.8 Å². The standard InChI is InChI=1S/C18H20N2O5/c1-11-5-6-14(9-15(11)20(22)23)18(21)19-12(2)13-7-8-16(24-3)17(10-13)25-4/h5-10,12H,1-4H3,(H,19,21)/t12-/m1/s1. The quantitative estimate of drug-likeness (QED) is 0.640. The molecular weight excluding hydrogens is 324 g/mol. The van der Waals surface area contributed by atoms with Crippen molar-refractivity contribution in [3.05, 3.63) is 63.2 Å². The van der Waals surface area contributed by atoms with Crippen molar-refractivity contribution in [3.63, 3.8) is 0 Å². The number of nitrogens with zero attached hydrogens (tertiary/aromatic N) is 1. The van der Waals surface area contributed by atoms with Gasteiger partial charge in [-0.1, -0.05) is 12.1 Å². The summed E-state index contributed by atoms with van der Waals surface area (Å²) in [4.78, 5) is 22.9. The topological polar surface area (TPSA) is 90.7 Å². The van der Waals surface area contributed by atoms with E-state index in [0.29, 0.717) is 17.1 Å². The van der Waals surface area contributed by atoms with Crippen molar-refractivity contribution in [1.29, 1.82) is 0 Å². The van der Waals surface area contributed by atoms with E-state index in [4.69, 9.17) is 9.47 Å². The van der Waals surface area contributed by atoms with E-state index in [1.807, 2.05) is 13.0 Å². The van der Waals surface area contributed by atoms with Gasteiger partial charge in [-0.3, -0.25) is 14.9 Å². The first-order chi connectivity index (χ1) is 11.9. The number of carbonyl (C=O) groups excluding carboxylic acids is 1. The molecule has 0 aromatic heterocycles. The van der Waals surface area contributed by atoms with Gasteiger partial charge >= 0.3 is 0 Å². The molecule has 0 saturated heterocycles. The molecule has 0 aliphatic rings. The van der Waals surface area contributed by atoms with Crippen molar-refractivity contribution in [2.75, 3.05) is 14.2 Å². The number of benzene rings is 2. The molecular formula is C18H20N2O5. The summed E-state index contributed by atoms with van der Waals surface area (Å²) in [6.45, 7) is 3.45. The predicted molar refractivity (Wildman–Crippen MR) is 93.3 cm³/mol. The van der Waals surface area contributed by atoms with Crippen LogP contribution < -0.4 is 14.8 Å². The van der Waals surface area contributed by atoms with Crippen molar-refractivity contribution in [1.82, 2.24) is 5.32 Å². The Hall–Kier alpha value is -3.09. The summed E-state index contributed by atoms with van der Waals surface area (Å²) in [7, 11) is 3.09. The largest absolute Gasteiger partial charge is 0.493 e. The molecule has 25 heavy (non-hydrogen) atoms. The van der Waals surface area contributed by atoms with Crippen molar-refractivity contribution < 1.29 is 19.2 Å². The molecule has 1 atom stereocenters. The third-order valence-corrected chi connectivity index (χ3v) is 3.92. The van der Waals surface area contributed by atoms with Gasteiger partial charge in [-0.15, -0.1) is 0 Å². The number of aryl methyl sites for hydroxylation is 1. The Labute approximate surface area is 145 Å². The molecule has 1 N–H and O–H groups in total. The highest BCUT2D eigenvalue weighted by Crippen LogP contribution is 2.30. The Morgan fingerprint density at radius 3 is 2.40 bits per heavy atom. The Bertz CT molecular complexity index is 804. The van der Waals surface area contributed by atoms with Crippen LogP contribution in [0.15, 0.2) is 36.4 Å². The first-order valence-electron chi connectivity index (χ1n) is 7.65. The number of nitro benzene ring substituents is 1. The van der Waals surface area contributed by atoms with Crippen LogP contribution in [0.25, 0.3) is 0 Å². The monoisotopic (exact) mass is 344 g/mol. The average molecular weight is 344 g/mol. The van der Waals surface area contributed by atoms with Crippen LogP contribution in [0, 0.1) is 17.0 Å². The minimum absolute atomic E-state index is 0.0774. The summed E-state index contributed by atoms with van der Waals surface area (Å²) in [6, 6.07) is 9.46. The van der Waals surface area contributed by atoms with Crippen LogP contribution in [-0.4, -0.2) is 25.1 Å². The molecule has 0 radical (unpaired) electrons. The molecule has 7 heteroatoms. The number of nitrogens with one attached hydrogen (secondary N) is 1. The van der Waals surface area contributed by atoms with Gasteiger partial charge in [0.1, 0.15) is 0 Å². The summed E-state index contributed by atoms with van der Waals surface area (Å²) in [5, 5.41) is 13.8. The molecule has 132 valence electrons. The number of hydrogen-bond acceptors (Lipinski definition) is 5. The summed E-state index contributed by atoms with van der Waals surface area (Å²) in [5.74, 6) is 0.774. The van der Waals surface area contributed by atoms with E-state index < -0.39 is 4.92 Å². The Balaban J connectivity index is 2.20. The van der Waals surface area contributed by atoms with Crippen LogP contribution in [0.4, 0.5) is 5.69 Å². The van der Waals surface area contributed by atoms with E-state index >= 15 is 0 Å². The molecule has 0 aliphatic carbocycles. The number of hydrogen-bond donors (Lipinski definition) is 1. The van der Waals surface area contributed by atoms with Crippen molar-refractivity contribution >= 4 is 11.6 Å². The maximum atomic E-state index is 12.4. The second-order valence-corrected chi connectivity index (χ2v) is 5.57. The number of amides is 1.